The highest BCUT2D eigenvalue weighted by Gasteiger charge is 2.44. The summed E-state index contributed by atoms with van der Waals surface area (Å²) in [6, 6.07) is -0.809. The van der Waals surface area contributed by atoms with E-state index in [-0.39, 0.29) is 18.5 Å². The van der Waals surface area contributed by atoms with Crippen LogP contribution in [0.25, 0.3) is 0 Å². The lowest BCUT2D eigenvalue weighted by molar-refractivity contribution is -0.302. The Bertz CT molecular complexity index is 1430. The average Bonchev–Trinajstić information content (AvgIpc) is 3.57. The molecule has 1 aliphatic rings. The molecule has 1 amide bonds. The van der Waals surface area contributed by atoms with Crippen molar-refractivity contribution in [3.8, 4) is 0 Å². The zero-order chi connectivity index (χ0) is 60.2. The number of carbonyl (C=O) groups is 2. The van der Waals surface area contributed by atoms with E-state index in [4.69, 9.17) is 14.2 Å². The number of esters is 1. The SMILES string of the molecule is CCCCCCCCCCCCCC/C=C/C(O)C(COC1OC(CO)C(O)C(O)C1O)NC(=O)CCCCCCCCCCCCCCCC/C=C\CCCCCCCCCCCCCCOC(=O)CCCCCCCCCCCCC. The summed E-state index contributed by atoms with van der Waals surface area (Å²) in [7, 11) is 0. The molecule has 0 aromatic carbocycles. The smallest absolute Gasteiger partial charge is 0.305 e. The number of nitrogens with one attached hydrogen (secondary N) is 1. The van der Waals surface area contributed by atoms with Gasteiger partial charge in [0.1, 0.15) is 24.4 Å². The molecule has 1 fully saturated rings. The maximum atomic E-state index is 13.1. The van der Waals surface area contributed by atoms with Gasteiger partial charge in [-0.05, 0) is 57.8 Å². The summed E-state index contributed by atoms with van der Waals surface area (Å²) in [6.07, 6.45) is 67.3. The van der Waals surface area contributed by atoms with Gasteiger partial charge in [0, 0.05) is 12.8 Å². The van der Waals surface area contributed by atoms with Crippen molar-refractivity contribution >= 4 is 11.9 Å². The summed E-state index contributed by atoms with van der Waals surface area (Å²) >= 11 is 0. The van der Waals surface area contributed by atoms with E-state index in [9.17, 15) is 35.1 Å². The number of unbranched alkanes of at least 4 members (excludes halogenated alkanes) is 48. The summed E-state index contributed by atoms with van der Waals surface area (Å²) in [5, 5.41) is 54.6. The molecule has 83 heavy (non-hydrogen) atoms. The fourth-order valence-electron chi connectivity index (χ4n) is 11.6. The van der Waals surface area contributed by atoms with Gasteiger partial charge in [-0.25, -0.2) is 0 Å². The summed E-state index contributed by atoms with van der Waals surface area (Å²) < 4.78 is 16.8. The van der Waals surface area contributed by atoms with Crippen LogP contribution in [-0.2, 0) is 23.8 Å². The molecule has 490 valence electrons. The second kappa shape index (κ2) is 61.8. The van der Waals surface area contributed by atoms with E-state index in [2.05, 4.69) is 31.3 Å². The molecule has 1 heterocycles. The zero-order valence-corrected chi connectivity index (χ0v) is 54.4. The van der Waals surface area contributed by atoms with Gasteiger partial charge in [0.05, 0.1) is 32.0 Å². The van der Waals surface area contributed by atoms with Crippen molar-refractivity contribution in [1.29, 1.82) is 0 Å². The molecule has 7 atom stereocenters. The molecule has 6 N–H and O–H groups in total. The lowest BCUT2D eigenvalue weighted by Crippen LogP contribution is -2.60. The number of carbonyl (C=O) groups excluding carboxylic acids is 2. The van der Waals surface area contributed by atoms with Gasteiger partial charge in [0.2, 0.25) is 5.91 Å². The third-order valence-electron chi connectivity index (χ3n) is 17.3. The molecule has 0 bridgehead atoms. The predicted molar refractivity (Wildman–Crippen MR) is 348 cm³/mol. The highest BCUT2D eigenvalue weighted by molar-refractivity contribution is 5.76. The molecule has 7 unspecified atom stereocenters. The second-order valence-electron chi connectivity index (χ2n) is 25.3. The Morgan fingerprint density at radius 2 is 0.771 bits per heavy atom. The van der Waals surface area contributed by atoms with E-state index in [1.807, 2.05) is 6.08 Å². The van der Waals surface area contributed by atoms with Gasteiger partial charge < -0.3 is 45.1 Å². The van der Waals surface area contributed by atoms with Crippen LogP contribution in [0.3, 0.4) is 0 Å². The van der Waals surface area contributed by atoms with E-state index >= 15 is 0 Å². The largest absolute Gasteiger partial charge is 0.466 e. The number of allylic oxidation sites excluding steroid dienone is 3. The lowest BCUT2D eigenvalue weighted by atomic mass is 9.99. The van der Waals surface area contributed by atoms with Crippen molar-refractivity contribution in [3.63, 3.8) is 0 Å². The topological polar surface area (TPSA) is 175 Å². The quantitative estimate of drug-likeness (QED) is 0.0195. The van der Waals surface area contributed by atoms with Crippen LogP contribution in [0.2, 0.25) is 0 Å². The first kappa shape index (κ1) is 79.2. The molecule has 1 saturated heterocycles. The van der Waals surface area contributed by atoms with Crippen LogP contribution in [0.15, 0.2) is 24.3 Å². The fourth-order valence-corrected chi connectivity index (χ4v) is 11.6. The zero-order valence-electron chi connectivity index (χ0n) is 54.4. The molecule has 0 aromatic rings. The van der Waals surface area contributed by atoms with E-state index in [1.54, 1.807) is 6.08 Å². The maximum Gasteiger partial charge on any atom is 0.305 e. The Hall–Kier alpha value is -1.86. The lowest BCUT2D eigenvalue weighted by Gasteiger charge is -2.40. The highest BCUT2D eigenvalue weighted by Crippen LogP contribution is 2.23. The molecule has 0 saturated carbocycles. The van der Waals surface area contributed by atoms with Crippen molar-refractivity contribution in [2.75, 3.05) is 19.8 Å². The van der Waals surface area contributed by atoms with Crippen LogP contribution >= 0.6 is 0 Å². The molecule has 0 radical (unpaired) electrons. The van der Waals surface area contributed by atoms with Gasteiger partial charge in [-0.3, -0.25) is 9.59 Å². The molecule has 1 rings (SSSR count). The number of amides is 1. The Labute approximate surface area is 511 Å². The van der Waals surface area contributed by atoms with E-state index < -0.39 is 49.5 Å². The summed E-state index contributed by atoms with van der Waals surface area (Å²) in [5.74, 6) is -0.168. The minimum absolute atomic E-state index is 0.00909. The van der Waals surface area contributed by atoms with Crippen LogP contribution in [-0.4, -0.2) is 100 Å². The molecule has 11 nitrogen and oxygen atoms in total. The first-order chi connectivity index (χ1) is 40.7. The van der Waals surface area contributed by atoms with Crippen molar-refractivity contribution in [1.82, 2.24) is 5.32 Å². The van der Waals surface area contributed by atoms with Crippen molar-refractivity contribution < 1.29 is 49.3 Å². The van der Waals surface area contributed by atoms with Gasteiger partial charge in [-0.1, -0.05) is 314 Å². The van der Waals surface area contributed by atoms with Gasteiger partial charge in [0.15, 0.2) is 6.29 Å². The molecular weight excluding hydrogens is 1040 g/mol. The monoisotopic (exact) mass is 1180 g/mol. The van der Waals surface area contributed by atoms with Crippen LogP contribution in [0.1, 0.15) is 361 Å². The first-order valence-electron chi connectivity index (χ1n) is 36.1. The molecule has 11 heteroatoms. The molecule has 1 aliphatic heterocycles. The second-order valence-corrected chi connectivity index (χ2v) is 25.3. The highest BCUT2D eigenvalue weighted by atomic mass is 16.7. The van der Waals surface area contributed by atoms with Crippen molar-refractivity contribution in [2.24, 2.45) is 0 Å². The van der Waals surface area contributed by atoms with Crippen molar-refractivity contribution in [3.05, 3.63) is 24.3 Å². The fraction of sp³-hybridized carbons (Fsp3) is 0.917. The minimum atomic E-state index is -1.57. The van der Waals surface area contributed by atoms with Gasteiger partial charge in [-0.15, -0.1) is 0 Å². The number of hydrogen-bond acceptors (Lipinski definition) is 10. The number of aliphatic hydroxyl groups is 5. The molecule has 0 aromatic heterocycles. The van der Waals surface area contributed by atoms with Crippen LogP contribution < -0.4 is 5.32 Å². The van der Waals surface area contributed by atoms with Crippen LogP contribution in [0, 0.1) is 0 Å². The number of rotatable bonds is 64. The third kappa shape index (κ3) is 50.8. The Balaban J connectivity index is 1.98. The predicted octanol–water partition coefficient (Wildman–Crippen LogP) is 18.4. The van der Waals surface area contributed by atoms with Gasteiger partial charge in [-0.2, -0.15) is 0 Å². The van der Waals surface area contributed by atoms with E-state index in [0.29, 0.717) is 19.4 Å². The Morgan fingerprint density at radius 1 is 0.434 bits per heavy atom. The average molecular weight is 1180 g/mol. The maximum absolute atomic E-state index is 13.1. The summed E-state index contributed by atoms with van der Waals surface area (Å²) in [6.45, 7) is 4.38. The van der Waals surface area contributed by atoms with E-state index in [1.165, 1.54) is 283 Å². The summed E-state index contributed by atoms with van der Waals surface area (Å²) in [4.78, 5) is 25.1. The van der Waals surface area contributed by atoms with Crippen molar-refractivity contribution in [2.45, 2.75) is 403 Å². The number of hydrogen-bond donors (Lipinski definition) is 6. The van der Waals surface area contributed by atoms with Crippen LogP contribution in [0.5, 0.6) is 0 Å². The summed E-state index contributed by atoms with van der Waals surface area (Å²) in [5.41, 5.74) is 0. The van der Waals surface area contributed by atoms with Crippen LogP contribution in [0.4, 0.5) is 0 Å². The van der Waals surface area contributed by atoms with Gasteiger partial charge in [0.25, 0.3) is 0 Å². The molecule has 0 aliphatic carbocycles. The normalized spacial score (nSPS) is 18.2. The van der Waals surface area contributed by atoms with Gasteiger partial charge >= 0.3 is 5.97 Å². The molecule has 0 spiro atoms. The Morgan fingerprint density at radius 3 is 1.16 bits per heavy atom. The Kier molecular flexibility index (Phi) is 58.9. The number of aliphatic hydroxyl groups excluding tert-OH is 5. The standard InChI is InChI=1S/C72H137NO10/c1-3-5-7-9-11-13-15-16-35-39-42-46-50-54-58-65(75)64(63-82-72-71(80)70(79)69(78)66(62-74)83-72)73-67(76)59-55-51-47-43-40-36-33-31-29-27-25-23-21-19-17-18-20-22-24-26-28-30-32-34-37-41-45-49-53-57-61-81-68(77)60-56-52-48-44-38-14-12-10-8-6-4-2/h18,20,54,58,64-66,69-72,74-75,78-80H,3-17,19,21-53,55-57,59-63H2,1-2H3,(H,73,76)/b20-18-,58-54+. The molecular formula is C72H137NO10. The first-order valence-corrected chi connectivity index (χ1v) is 36.1. The third-order valence-corrected chi connectivity index (χ3v) is 17.3. The van der Waals surface area contributed by atoms with E-state index in [0.717, 1.165) is 51.4 Å². The number of ether oxygens (including phenoxy) is 3. The minimum Gasteiger partial charge on any atom is -0.466 e.